The van der Waals surface area contributed by atoms with Crippen molar-refractivity contribution in [3.8, 4) is 0 Å². The standard InChI is InChI=1S/C22H32O3S.H3N/c1-2-3-4-5-6-7-8-9-10-13-19-25-26(23,24)22-18-14-16-20-15-11-12-17-21(20)22;/h11-12,14-18H,2-10,13,19H2,1H3;1H3. The van der Waals surface area contributed by atoms with Crippen molar-refractivity contribution in [2.75, 3.05) is 6.61 Å². The van der Waals surface area contributed by atoms with Gasteiger partial charge in [0.05, 0.1) is 6.61 Å². The Labute approximate surface area is 165 Å². The quantitative estimate of drug-likeness (QED) is 0.306. The first kappa shape index (κ1) is 23.6. The molecular formula is C22H35NO3S. The summed E-state index contributed by atoms with van der Waals surface area (Å²) in [6.07, 6.45) is 12.2. The SMILES string of the molecule is CCCCCCCCCCCCOS(=O)(=O)c1cccc2ccccc12.N. The van der Waals surface area contributed by atoms with Gasteiger partial charge in [0.25, 0.3) is 10.1 Å². The van der Waals surface area contributed by atoms with E-state index >= 15 is 0 Å². The molecule has 0 bridgehead atoms. The number of fused-ring (bicyclic) bond motifs is 1. The van der Waals surface area contributed by atoms with Crippen LogP contribution in [-0.2, 0) is 14.3 Å². The fourth-order valence-corrected chi connectivity index (χ4v) is 4.40. The Morgan fingerprint density at radius 1 is 0.741 bits per heavy atom. The highest BCUT2D eigenvalue weighted by molar-refractivity contribution is 7.87. The lowest BCUT2D eigenvalue weighted by Gasteiger charge is -2.08. The van der Waals surface area contributed by atoms with E-state index in [-0.39, 0.29) is 17.7 Å². The van der Waals surface area contributed by atoms with Crippen molar-refractivity contribution < 1.29 is 12.6 Å². The van der Waals surface area contributed by atoms with E-state index in [0.29, 0.717) is 0 Å². The molecule has 5 heteroatoms. The summed E-state index contributed by atoms with van der Waals surface area (Å²) in [6, 6.07) is 12.8. The first-order valence-corrected chi connectivity index (χ1v) is 11.4. The van der Waals surface area contributed by atoms with Crippen molar-refractivity contribution in [3.05, 3.63) is 42.5 Å². The van der Waals surface area contributed by atoms with Crippen LogP contribution in [0.4, 0.5) is 0 Å². The molecule has 2 aromatic carbocycles. The zero-order valence-electron chi connectivity index (χ0n) is 16.7. The van der Waals surface area contributed by atoms with Crippen molar-refractivity contribution in [1.29, 1.82) is 0 Å². The predicted octanol–water partition coefficient (Wildman–Crippen LogP) is 6.63. The van der Waals surface area contributed by atoms with Gasteiger partial charge < -0.3 is 6.15 Å². The second-order valence-corrected chi connectivity index (χ2v) is 8.52. The molecule has 3 N–H and O–H groups in total. The zero-order valence-corrected chi connectivity index (χ0v) is 17.5. The number of hydrogen-bond acceptors (Lipinski definition) is 4. The summed E-state index contributed by atoms with van der Waals surface area (Å²) >= 11 is 0. The van der Waals surface area contributed by atoms with Crippen LogP contribution in [0.25, 0.3) is 10.8 Å². The summed E-state index contributed by atoms with van der Waals surface area (Å²) in [6.45, 7) is 2.50. The van der Waals surface area contributed by atoms with Crippen molar-refractivity contribution in [2.45, 2.75) is 76.0 Å². The van der Waals surface area contributed by atoms with Gasteiger partial charge in [-0.3, -0.25) is 4.18 Å². The van der Waals surface area contributed by atoms with Crippen LogP contribution in [-0.4, -0.2) is 15.0 Å². The minimum atomic E-state index is -3.70. The third-order valence-corrected chi connectivity index (χ3v) is 6.13. The summed E-state index contributed by atoms with van der Waals surface area (Å²) in [5.41, 5.74) is 0. The van der Waals surface area contributed by atoms with E-state index in [1.807, 2.05) is 30.3 Å². The van der Waals surface area contributed by atoms with Crippen LogP contribution in [0, 0.1) is 0 Å². The molecule has 0 atom stereocenters. The molecule has 0 saturated carbocycles. The third-order valence-electron chi connectivity index (χ3n) is 4.76. The molecule has 2 aromatic rings. The molecule has 0 heterocycles. The fourth-order valence-electron chi connectivity index (χ4n) is 3.24. The molecule has 0 fully saturated rings. The third kappa shape index (κ3) is 7.99. The fraction of sp³-hybridized carbons (Fsp3) is 0.545. The van der Waals surface area contributed by atoms with E-state index in [9.17, 15) is 8.42 Å². The molecule has 0 spiro atoms. The van der Waals surface area contributed by atoms with Crippen molar-refractivity contribution in [2.24, 2.45) is 0 Å². The van der Waals surface area contributed by atoms with Gasteiger partial charge in [-0.1, -0.05) is 101 Å². The molecule has 4 nitrogen and oxygen atoms in total. The molecule has 0 aromatic heterocycles. The highest BCUT2D eigenvalue weighted by Gasteiger charge is 2.17. The van der Waals surface area contributed by atoms with Crippen molar-refractivity contribution in [1.82, 2.24) is 6.15 Å². The van der Waals surface area contributed by atoms with Gasteiger partial charge in [-0.25, -0.2) is 0 Å². The van der Waals surface area contributed by atoms with E-state index < -0.39 is 10.1 Å². The van der Waals surface area contributed by atoms with Gasteiger partial charge in [-0.15, -0.1) is 0 Å². The van der Waals surface area contributed by atoms with Crippen LogP contribution in [0.5, 0.6) is 0 Å². The van der Waals surface area contributed by atoms with Crippen LogP contribution in [0.1, 0.15) is 71.1 Å². The smallest absolute Gasteiger partial charge is 0.297 e. The van der Waals surface area contributed by atoms with Crippen molar-refractivity contribution >= 4 is 20.9 Å². The number of unbranched alkanes of at least 4 members (excludes halogenated alkanes) is 9. The summed E-state index contributed by atoms with van der Waals surface area (Å²) in [5.74, 6) is 0. The molecule has 0 radical (unpaired) electrons. The van der Waals surface area contributed by atoms with Gasteiger partial charge in [-0.2, -0.15) is 8.42 Å². The maximum absolute atomic E-state index is 12.5. The molecule has 152 valence electrons. The highest BCUT2D eigenvalue weighted by Crippen LogP contribution is 2.24. The van der Waals surface area contributed by atoms with Crippen LogP contribution in [0.3, 0.4) is 0 Å². The average molecular weight is 394 g/mol. The van der Waals surface area contributed by atoms with E-state index in [1.54, 1.807) is 12.1 Å². The lowest BCUT2D eigenvalue weighted by atomic mass is 10.1. The second kappa shape index (κ2) is 12.9. The van der Waals surface area contributed by atoms with Crippen LogP contribution < -0.4 is 6.15 Å². The first-order valence-electron chi connectivity index (χ1n) is 10.0. The molecule has 27 heavy (non-hydrogen) atoms. The minimum Gasteiger partial charge on any atom is -0.344 e. The Kier molecular flexibility index (Phi) is 11.3. The largest absolute Gasteiger partial charge is 0.344 e. The van der Waals surface area contributed by atoms with Gasteiger partial charge in [0, 0.05) is 5.39 Å². The van der Waals surface area contributed by atoms with Crippen molar-refractivity contribution in [3.63, 3.8) is 0 Å². The molecule has 2 rings (SSSR count). The molecule has 0 unspecified atom stereocenters. The molecule has 0 aliphatic carbocycles. The molecule has 0 amide bonds. The van der Waals surface area contributed by atoms with Crippen LogP contribution in [0.15, 0.2) is 47.4 Å². The topological polar surface area (TPSA) is 78.4 Å². The summed E-state index contributed by atoms with van der Waals surface area (Å²) < 4.78 is 30.2. The lowest BCUT2D eigenvalue weighted by Crippen LogP contribution is -2.08. The number of hydrogen-bond donors (Lipinski definition) is 1. The monoisotopic (exact) mass is 393 g/mol. The Bertz CT molecular complexity index is 754. The Morgan fingerprint density at radius 2 is 1.30 bits per heavy atom. The van der Waals surface area contributed by atoms with E-state index in [2.05, 4.69) is 6.92 Å². The number of rotatable bonds is 13. The first-order chi connectivity index (χ1) is 12.6. The summed E-state index contributed by atoms with van der Waals surface area (Å²) in [7, 11) is -3.70. The van der Waals surface area contributed by atoms with Crippen LogP contribution >= 0.6 is 0 Å². The Morgan fingerprint density at radius 3 is 1.96 bits per heavy atom. The maximum atomic E-state index is 12.5. The van der Waals surface area contributed by atoms with Gasteiger partial charge in [0.1, 0.15) is 4.90 Å². The second-order valence-electron chi connectivity index (χ2n) is 6.94. The Hall–Kier alpha value is -1.43. The maximum Gasteiger partial charge on any atom is 0.297 e. The average Bonchev–Trinajstić information content (AvgIpc) is 2.65. The molecule has 0 aliphatic rings. The van der Waals surface area contributed by atoms with Gasteiger partial charge in [0.2, 0.25) is 0 Å². The van der Waals surface area contributed by atoms with Gasteiger partial charge in [0.15, 0.2) is 0 Å². The molecular weight excluding hydrogens is 358 g/mol. The minimum absolute atomic E-state index is 0. The zero-order chi connectivity index (χ0) is 18.7. The van der Waals surface area contributed by atoms with E-state index in [4.69, 9.17) is 4.18 Å². The van der Waals surface area contributed by atoms with Crippen LogP contribution in [0.2, 0.25) is 0 Å². The summed E-state index contributed by atoms with van der Waals surface area (Å²) in [4.78, 5) is 0.266. The lowest BCUT2D eigenvalue weighted by molar-refractivity contribution is 0.306. The predicted molar refractivity (Wildman–Crippen MR) is 114 cm³/mol. The van der Waals surface area contributed by atoms with E-state index in [0.717, 1.165) is 30.0 Å². The molecule has 0 aliphatic heterocycles. The normalized spacial score (nSPS) is 11.4. The molecule has 0 saturated heterocycles. The summed E-state index contributed by atoms with van der Waals surface area (Å²) in [5, 5.41) is 1.63. The van der Waals surface area contributed by atoms with Gasteiger partial charge >= 0.3 is 0 Å². The highest BCUT2D eigenvalue weighted by atomic mass is 32.2. The van der Waals surface area contributed by atoms with Gasteiger partial charge in [-0.05, 0) is 17.9 Å². The van der Waals surface area contributed by atoms with E-state index in [1.165, 1.54) is 44.9 Å². The Balaban J connectivity index is 0.00000364. The number of benzene rings is 2.